The van der Waals surface area contributed by atoms with Gasteiger partial charge in [0, 0.05) is 11.1 Å². The Morgan fingerprint density at radius 3 is 2.59 bits per heavy atom. The molecule has 3 rings (SSSR count). The molecule has 22 heavy (non-hydrogen) atoms. The number of allylic oxidation sites excluding steroid dienone is 1. The highest BCUT2D eigenvalue weighted by Crippen LogP contribution is 2.24. The zero-order valence-corrected chi connectivity index (χ0v) is 12.9. The second-order valence-corrected chi connectivity index (χ2v) is 5.48. The predicted molar refractivity (Wildman–Crippen MR) is 92.1 cm³/mol. The molecule has 0 fully saturated rings. The van der Waals surface area contributed by atoms with Gasteiger partial charge < -0.3 is 4.42 Å². The van der Waals surface area contributed by atoms with Crippen molar-refractivity contribution in [3.05, 3.63) is 81.2 Å². The minimum Gasteiger partial charge on any atom is -0.456 e. The van der Waals surface area contributed by atoms with Crippen LogP contribution in [0.25, 0.3) is 22.6 Å². The first kappa shape index (κ1) is 14.6. The molecular formula is C19H15ClO2. The molecule has 0 unspecified atom stereocenters. The van der Waals surface area contributed by atoms with Crippen LogP contribution in [0.4, 0.5) is 0 Å². The summed E-state index contributed by atoms with van der Waals surface area (Å²) in [6.07, 6.45) is 2.79. The monoisotopic (exact) mass is 310 g/mol. The topological polar surface area (TPSA) is 30.2 Å². The van der Waals surface area contributed by atoms with Gasteiger partial charge in [0.1, 0.15) is 11.3 Å². The van der Waals surface area contributed by atoms with E-state index in [1.165, 1.54) is 0 Å². The SMILES string of the molecule is CC/C(=C/c1ccc(Cl)cc1)c1cc(=O)c2ccccc2o1. The molecule has 0 saturated heterocycles. The molecule has 0 saturated carbocycles. The van der Waals surface area contributed by atoms with Gasteiger partial charge in [0.15, 0.2) is 5.43 Å². The molecular weight excluding hydrogens is 296 g/mol. The van der Waals surface area contributed by atoms with Crippen molar-refractivity contribution in [2.45, 2.75) is 13.3 Å². The van der Waals surface area contributed by atoms with Crippen LogP contribution in [0.2, 0.25) is 5.02 Å². The Bertz CT molecular complexity index is 889. The summed E-state index contributed by atoms with van der Waals surface area (Å²) in [6, 6.07) is 16.4. The summed E-state index contributed by atoms with van der Waals surface area (Å²) in [5, 5.41) is 1.31. The quantitative estimate of drug-likeness (QED) is 0.648. The van der Waals surface area contributed by atoms with E-state index >= 15 is 0 Å². The lowest BCUT2D eigenvalue weighted by Gasteiger charge is -2.06. The van der Waals surface area contributed by atoms with E-state index < -0.39 is 0 Å². The summed E-state index contributed by atoms with van der Waals surface area (Å²) >= 11 is 5.90. The standard InChI is InChI=1S/C19H15ClO2/c1-2-14(11-13-7-9-15(20)10-8-13)19-12-17(21)16-5-3-4-6-18(16)22-19/h3-12H,2H2,1H3/b14-11-. The van der Waals surface area contributed by atoms with E-state index in [-0.39, 0.29) is 5.43 Å². The summed E-state index contributed by atoms with van der Waals surface area (Å²) in [7, 11) is 0. The molecule has 0 aliphatic heterocycles. The summed E-state index contributed by atoms with van der Waals surface area (Å²) in [5.41, 5.74) is 2.59. The average molecular weight is 311 g/mol. The van der Waals surface area contributed by atoms with Crippen LogP contribution in [0.5, 0.6) is 0 Å². The number of rotatable bonds is 3. The van der Waals surface area contributed by atoms with Gasteiger partial charge in [-0.2, -0.15) is 0 Å². The van der Waals surface area contributed by atoms with Gasteiger partial charge in [0.25, 0.3) is 0 Å². The van der Waals surface area contributed by atoms with Crippen LogP contribution in [0.15, 0.2) is 63.8 Å². The van der Waals surface area contributed by atoms with Crippen molar-refractivity contribution in [2.75, 3.05) is 0 Å². The van der Waals surface area contributed by atoms with Gasteiger partial charge in [0.2, 0.25) is 0 Å². The molecule has 0 aliphatic rings. The van der Waals surface area contributed by atoms with Crippen LogP contribution in [-0.2, 0) is 0 Å². The zero-order valence-electron chi connectivity index (χ0n) is 12.2. The van der Waals surface area contributed by atoms with Crippen LogP contribution in [0, 0.1) is 0 Å². The van der Waals surface area contributed by atoms with E-state index in [0.29, 0.717) is 21.8 Å². The smallest absolute Gasteiger partial charge is 0.193 e. The van der Waals surface area contributed by atoms with Crippen molar-refractivity contribution in [2.24, 2.45) is 0 Å². The van der Waals surface area contributed by atoms with Gasteiger partial charge >= 0.3 is 0 Å². The molecule has 3 heteroatoms. The van der Waals surface area contributed by atoms with Gasteiger partial charge in [-0.15, -0.1) is 0 Å². The molecule has 0 bridgehead atoms. The number of hydrogen-bond acceptors (Lipinski definition) is 2. The summed E-state index contributed by atoms with van der Waals surface area (Å²) < 4.78 is 5.90. The Morgan fingerprint density at radius 1 is 1.14 bits per heavy atom. The second kappa shape index (κ2) is 6.20. The van der Waals surface area contributed by atoms with E-state index in [1.54, 1.807) is 12.1 Å². The fourth-order valence-corrected chi connectivity index (χ4v) is 2.50. The number of para-hydroxylation sites is 1. The minimum atomic E-state index is -0.0210. The number of benzene rings is 2. The molecule has 0 spiro atoms. The Hall–Kier alpha value is -2.32. The van der Waals surface area contributed by atoms with Crippen molar-refractivity contribution in [3.63, 3.8) is 0 Å². The zero-order chi connectivity index (χ0) is 15.5. The molecule has 2 aromatic carbocycles. The van der Waals surface area contributed by atoms with Crippen molar-refractivity contribution in [1.82, 2.24) is 0 Å². The molecule has 0 aliphatic carbocycles. The summed E-state index contributed by atoms with van der Waals surface area (Å²) in [6.45, 7) is 2.04. The van der Waals surface area contributed by atoms with Crippen molar-refractivity contribution in [1.29, 1.82) is 0 Å². The Kier molecular flexibility index (Phi) is 4.12. The van der Waals surface area contributed by atoms with Gasteiger partial charge in [-0.25, -0.2) is 0 Å². The second-order valence-electron chi connectivity index (χ2n) is 5.05. The van der Waals surface area contributed by atoms with Crippen LogP contribution in [0.1, 0.15) is 24.7 Å². The molecule has 0 atom stereocenters. The molecule has 1 aromatic heterocycles. The maximum Gasteiger partial charge on any atom is 0.193 e. The van der Waals surface area contributed by atoms with Crippen molar-refractivity contribution < 1.29 is 4.42 Å². The van der Waals surface area contributed by atoms with E-state index in [2.05, 4.69) is 0 Å². The normalized spacial score (nSPS) is 11.8. The van der Waals surface area contributed by atoms with E-state index in [1.807, 2.05) is 55.5 Å². The molecule has 0 amide bonds. The fourth-order valence-electron chi connectivity index (χ4n) is 2.37. The summed E-state index contributed by atoms with van der Waals surface area (Å²) in [5.74, 6) is 0.612. The first-order valence-corrected chi connectivity index (χ1v) is 7.54. The lowest BCUT2D eigenvalue weighted by molar-refractivity contribution is 0.584. The van der Waals surface area contributed by atoms with Gasteiger partial charge in [-0.1, -0.05) is 42.8 Å². The largest absolute Gasteiger partial charge is 0.456 e. The highest BCUT2D eigenvalue weighted by atomic mass is 35.5. The predicted octanol–water partition coefficient (Wildman–Crippen LogP) is 5.40. The third kappa shape index (κ3) is 2.97. The molecule has 3 aromatic rings. The van der Waals surface area contributed by atoms with Crippen LogP contribution in [0.3, 0.4) is 0 Å². The number of halogens is 1. The first-order valence-electron chi connectivity index (χ1n) is 7.17. The van der Waals surface area contributed by atoms with Crippen LogP contribution < -0.4 is 5.43 Å². The molecule has 110 valence electrons. The molecule has 0 N–H and O–H groups in total. The highest BCUT2D eigenvalue weighted by molar-refractivity contribution is 6.30. The number of hydrogen-bond donors (Lipinski definition) is 0. The van der Waals surface area contributed by atoms with Crippen LogP contribution in [-0.4, -0.2) is 0 Å². The maximum atomic E-state index is 12.2. The fraction of sp³-hybridized carbons (Fsp3) is 0.105. The minimum absolute atomic E-state index is 0.0210. The Morgan fingerprint density at radius 2 is 1.86 bits per heavy atom. The average Bonchev–Trinajstić information content (AvgIpc) is 2.54. The van der Waals surface area contributed by atoms with Crippen LogP contribution >= 0.6 is 11.6 Å². The van der Waals surface area contributed by atoms with E-state index in [4.69, 9.17) is 16.0 Å². The van der Waals surface area contributed by atoms with Gasteiger partial charge in [-0.3, -0.25) is 4.79 Å². The number of fused-ring (bicyclic) bond motifs is 1. The van der Waals surface area contributed by atoms with E-state index in [9.17, 15) is 4.79 Å². The third-order valence-corrected chi connectivity index (χ3v) is 3.79. The molecule has 1 heterocycles. The molecule has 0 radical (unpaired) electrons. The van der Waals surface area contributed by atoms with E-state index in [0.717, 1.165) is 17.6 Å². The third-order valence-electron chi connectivity index (χ3n) is 3.54. The first-order chi connectivity index (χ1) is 10.7. The Labute approximate surface area is 133 Å². The maximum absolute atomic E-state index is 12.2. The molecule has 2 nitrogen and oxygen atoms in total. The van der Waals surface area contributed by atoms with Crippen molar-refractivity contribution >= 4 is 34.2 Å². The Balaban J connectivity index is 2.11. The lowest BCUT2D eigenvalue weighted by Crippen LogP contribution is -2.01. The van der Waals surface area contributed by atoms with Gasteiger partial charge in [0.05, 0.1) is 5.39 Å². The highest BCUT2D eigenvalue weighted by Gasteiger charge is 2.08. The van der Waals surface area contributed by atoms with Crippen molar-refractivity contribution in [3.8, 4) is 0 Å². The lowest BCUT2D eigenvalue weighted by atomic mass is 10.1. The summed E-state index contributed by atoms with van der Waals surface area (Å²) in [4.78, 5) is 12.2. The van der Waals surface area contributed by atoms with Gasteiger partial charge in [-0.05, 0) is 47.9 Å².